The first-order valence-corrected chi connectivity index (χ1v) is 6.14. The van der Waals surface area contributed by atoms with Crippen LogP contribution in [0, 0.1) is 0 Å². The fourth-order valence-corrected chi connectivity index (χ4v) is 2.09. The van der Waals surface area contributed by atoms with E-state index in [0.717, 1.165) is 11.3 Å². The Balaban J connectivity index is 2.61. The maximum atomic E-state index is 12.0. The molecule has 0 saturated heterocycles. The highest BCUT2D eigenvalue weighted by Crippen LogP contribution is 2.27. The van der Waals surface area contributed by atoms with Gasteiger partial charge in [0.1, 0.15) is 0 Å². The second kappa shape index (κ2) is 5.14. The van der Waals surface area contributed by atoms with Crippen LogP contribution >= 0.6 is 23.2 Å². The standard InChI is InChI=1S/C13H12Cl2N2O/c1-17-12(5-3-9(7-16)13(17)18)8-2-4-10(14)11(15)6-8/h2-6H,7,16H2,1H3. The topological polar surface area (TPSA) is 48.0 Å². The van der Waals surface area contributed by atoms with Crippen molar-refractivity contribution < 1.29 is 0 Å². The van der Waals surface area contributed by atoms with Gasteiger partial charge in [-0.1, -0.05) is 35.3 Å². The molecule has 1 aromatic heterocycles. The fourth-order valence-electron chi connectivity index (χ4n) is 1.79. The lowest BCUT2D eigenvalue weighted by Crippen LogP contribution is -2.23. The Hall–Kier alpha value is -1.29. The van der Waals surface area contributed by atoms with E-state index in [9.17, 15) is 4.79 Å². The summed E-state index contributed by atoms with van der Waals surface area (Å²) in [5, 5.41) is 0.952. The minimum atomic E-state index is -0.0962. The number of nitrogens with two attached hydrogens (primary N) is 1. The SMILES string of the molecule is Cn1c(-c2ccc(Cl)c(Cl)c2)ccc(CN)c1=O. The summed E-state index contributed by atoms with van der Waals surface area (Å²) in [6.07, 6.45) is 0. The molecule has 2 N–H and O–H groups in total. The molecule has 0 radical (unpaired) electrons. The number of halogens is 2. The maximum absolute atomic E-state index is 12.0. The molecule has 2 aromatic rings. The van der Waals surface area contributed by atoms with Crippen molar-refractivity contribution in [3.8, 4) is 11.3 Å². The molecule has 0 aliphatic carbocycles. The highest BCUT2D eigenvalue weighted by atomic mass is 35.5. The van der Waals surface area contributed by atoms with E-state index >= 15 is 0 Å². The first-order chi connectivity index (χ1) is 8.54. The van der Waals surface area contributed by atoms with Crippen molar-refractivity contribution >= 4 is 23.2 Å². The maximum Gasteiger partial charge on any atom is 0.255 e. The lowest BCUT2D eigenvalue weighted by Gasteiger charge is -2.10. The molecule has 0 unspecified atom stereocenters. The van der Waals surface area contributed by atoms with Crippen LogP contribution in [0.25, 0.3) is 11.3 Å². The van der Waals surface area contributed by atoms with Gasteiger partial charge in [-0.2, -0.15) is 0 Å². The molecule has 0 amide bonds. The normalized spacial score (nSPS) is 10.7. The molecule has 0 aliphatic rings. The summed E-state index contributed by atoms with van der Waals surface area (Å²) in [7, 11) is 1.71. The van der Waals surface area contributed by atoms with Gasteiger partial charge >= 0.3 is 0 Å². The molecule has 0 atom stereocenters. The summed E-state index contributed by atoms with van der Waals surface area (Å²) in [4.78, 5) is 12.0. The minimum absolute atomic E-state index is 0.0962. The van der Waals surface area contributed by atoms with E-state index in [1.165, 1.54) is 0 Å². The summed E-state index contributed by atoms with van der Waals surface area (Å²) in [5.74, 6) is 0. The van der Waals surface area contributed by atoms with E-state index in [1.54, 1.807) is 29.8 Å². The smallest absolute Gasteiger partial charge is 0.255 e. The molecule has 94 valence electrons. The van der Waals surface area contributed by atoms with Crippen molar-refractivity contribution in [3.63, 3.8) is 0 Å². The van der Waals surface area contributed by atoms with Crippen LogP contribution in [0.1, 0.15) is 5.56 Å². The highest BCUT2D eigenvalue weighted by molar-refractivity contribution is 6.42. The minimum Gasteiger partial charge on any atom is -0.326 e. The second-order valence-electron chi connectivity index (χ2n) is 3.94. The van der Waals surface area contributed by atoms with Crippen molar-refractivity contribution in [1.82, 2.24) is 4.57 Å². The zero-order chi connectivity index (χ0) is 13.3. The Kier molecular flexibility index (Phi) is 3.76. The number of hydrogen-bond acceptors (Lipinski definition) is 2. The highest BCUT2D eigenvalue weighted by Gasteiger charge is 2.08. The molecule has 0 spiro atoms. The van der Waals surface area contributed by atoms with E-state index < -0.39 is 0 Å². The van der Waals surface area contributed by atoms with Gasteiger partial charge in [0.05, 0.1) is 15.7 Å². The average Bonchev–Trinajstić information content (AvgIpc) is 2.36. The Labute approximate surface area is 115 Å². The van der Waals surface area contributed by atoms with Crippen molar-refractivity contribution in [2.45, 2.75) is 6.54 Å². The van der Waals surface area contributed by atoms with Gasteiger partial charge in [0.2, 0.25) is 0 Å². The quantitative estimate of drug-likeness (QED) is 0.921. The molecule has 18 heavy (non-hydrogen) atoms. The monoisotopic (exact) mass is 282 g/mol. The number of pyridine rings is 1. The molecule has 2 rings (SSSR count). The van der Waals surface area contributed by atoms with Crippen molar-refractivity contribution in [2.75, 3.05) is 0 Å². The molecule has 0 bridgehead atoms. The van der Waals surface area contributed by atoms with Gasteiger partial charge in [-0.25, -0.2) is 0 Å². The molecule has 3 nitrogen and oxygen atoms in total. The Morgan fingerprint density at radius 3 is 2.50 bits per heavy atom. The van der Waals surface area contributed by atoms with Crippen molar-refractivity contribution in [1.29, 1.82) is 0 Å². The molecular formula is C13H12Cl2N2O. The van der Waals surface area contributed by atoms with Gasteiger partial charge in [-0.3, -0.25) is 4.79 Å². The Morgan fingerprint density at radius 1 is 1.17 bits per heavy atom. The largest absolute Gasteiger partial charge is 0.326 e. The third kappa shape index (κ3) is 2.29. The van der Waals surface area contributed by atoms with Gasteiger partial charge in [0.25, 0.3) is 5.56 Å². The third-order valence-corrected chi connectivity index (χ3v) is 3.56. The van der Waals surface area contributed by atoms with E-state index in [1.807, 2.05) is 12.1 Å². The van der Waals surface area contributed by atoms with E-state index in [0.29, 0.717) is 15.6 Å². The zero-order valence-corrected chi connectivity index (χ0v) is 11.3. The van der Waals surface area contributed by atoms with Crippen LogP contribution in [-0.4, -0.2) is 4.57 Å². The van der Waals surface area contributed by atoms with Gasteiger partial charge in [-0.15, -0.1) is 0 Å². The first-order valence-electron chi connectivity index (χ1n) is 5.39. The van der Waals surface area contributed by atoms with E-state index in [-0.39, 0.29) is 12.1 Å². The molecule has 0 fully saturated rings. The van der Waals surface area contributed by atoms with E-state index in [4.69, 9.17) is 28.9 Å². The first kappa shape index (κ1) is 13.1. The van der Waals surface area contributed by atoms with Gasteiger partial charge in [-0.05, 0) is 23.8 Å². The molecule has 0 aliphatic heterocycles. The van der Waals surface area contributed by atoms with E-state index in [2.05, 4.69) is 0 Å². The molecule has 0 saturated carbocycles. The molecule has 1 heterocycles. The number of nitrogens with zero attached hydrogens (tertiary/aromatic N) is 1. The number of rotatable bonds is 2. The van der Waals surface area contributed by atoms with Crippen LogP contribution in [0.3, 0.4) is 0 Å². The van der Waals surface area contributed by atoms with Gasteiger partial charge in [0, 0.05) is 19.2 Å². The predicted molar refractivity (Wildman–Crippen MR) is 75.0 cm³/mol. The lowest BCUT2D eigenvalue weighted by atomic mass is 10.1. The van der Waals surface area contributed by atoms with Crippen LogP contribution in [0.5, 0.6) is 0 Å². The average molecular weight is 283 g/mol. The molecular weight excluding hydrogens is 271 g/mol. The van der Waals surface area contributed by atoms with Gasteiger partial charge < -0.3 is 10.3 Å². The number of aromatic nitrogens is 1. The fraction of sp³-hybridized carbons (Fsp3) is 0.154. The van der Waals surface area contributed by atoms with Crippen LogP contribution in [0.4, 0.5) is 0 Å². The van der Waals surface area contributed by atoms with Crippen LogP contribution in [0.2, 0.25) is 10.0 Å². The Bertz CT molecular complexity index is 650. The summed E-state index contributed by atoms with van der Waals surface area (Å²) < 4.78 is 1.56. The van der Waals surface area contributed by atoms with Crippen LogP contribution in [0.15, 0.2) is 35.1 Å². The summed E-state index contributed by atoms with van der Waals surface area (Å²) in [6.45, 7) is 0.230. The van der Waals surface area contributed by atoms with Gasteiger partial charge in [0.15, 0.2) is 0 Å². The second-order valence-corrected chi connectivity index (χ2v) is 4.76. The predicted octanol–water partition coefficient (Wildman–Crippen LogP) is 2.82. The lowest BCUT2D eigenvalue weighted by molar-refractivity contribution is 0.839. The van der Waals surface area contributed by atoms with Crippen LogP contribution < -0.4 is 11.3 Å². The molecule has 1 aromatic carbocycles. The summed E-state index contributed by atoms with van der Waals surface area (Å²) in [6, 6.07) is 8.86. The molecule has 5 heteroatoms. The zero-order valence-electron chi connectivity index (χ0n) is 9.78. The summed E-state index contributed by atoms with van der Waals surface area (Å²) >= 11 is 11.8. The van der Waals surface area contributed by atoms with Crippen molar-refractivity contribution in [2.24, 2.45) is 12.8 Å². The Morgan fingerprint density at radius 2 is 1.89 bits per heavy atom. The number of benzene rings is 1. The summed E-state index contributed by atoms with van der Waals surface area (Å²) in [5.41, 5.74) is 7.60. The third-order valence-electron chi connectivity index (χ3n) is 2.82. The van der Waals surface area contributed by atoms with Crippen LogP contribution in [-0.2, 0) is 13.6 Å². The van der Waals surface area contributed by atoms with Crippen molar-refractivity contribution in [3.05, 3.63) is 56.3 Å². The number of hydrogen-bond donors (Lipinski definition) is 1.